The standard InChI is InChI=1S/C23H22N2O3S2/c1-3-24(4-2)30(27,28)18-11-9-10-17(16-18)23(26)25-19-12-5-7-14-21(19)29-22-15-8-6-13-20(22)25/h5-16H,3-4H2,1-2H3. The van der Waals surface area contributed by atoms with Crippen molar-refractivity contribution in [2.24, 2.45) is 0 Å². The molecule has 1 heterocycles. The number of benzene rings is 3. The summed E-state index contributed by atoms with van der Waals surface area (Å²) in [6, 6.07) is 21.8. The fourth-order valence-electron chi connectivity index (χ4n) is 3.55. The van der Waals surface area contributed by atoms with E-state index in [1.807, 2.05) is 48.5 Å². The topological polar surface area (TPSA) is 57.7 Å². The van der Waals surface area contributed by atoms with Crippen LogP contribution in [-0.4, -0.2) is 31.7 Å². The Kier molecular flexibility index (Phi) is 5.69. The van der Waals surface area contributed by atoms with Crippen LogP contribution in [0.2, 0.25) is 0 Å². The summed E-state index contributed by atoms with van der Waals surface area (Å²) in [5.41, 5.74) is 1.92. The van der Waals surface area contributed by atoms with Gasteiger partial charge in [-0.15, -0.1) is 0 Å². The van der Waals surface area contributed by atoms with Gasteiger partial charge in [0, 0.05) is 28.4 Å². The molecular weight excluding hydrogens is 416 g/mol. The molecule has 3 aromatic rings. The number of nitrogens with zero attached hydrogens (tertiary/aromatic N) is 2. The Morgan fingerprint density at radius 2 is 1.43 bits per heavy atom. The minimum absolute atomic E-state index is 0.130. The molecular formula is C23H22N2O3S2. The lowest BCUT2D eigenvalue weighted by Crippen LogP contribution is -2.31. The van der Waals surface area contributed by atoms with Crippen LogP contribution in [0.4, 0.5) is 11.4 Å². The maximum absolute atomic E-state index is 13.6. The van der Waals surface area contributed by atoms with Gasteiger partial charge in [-0.2, -0.15) is 4.31 Å². The van der Waals surface area contributed by atoms with E-state index in [0.717, 1.165) is 21.2 Å². The number of carbonyl (C=O) groups is 1. The lowest BCUT2D eigenvalue weighted by Gasteiger charge is -2.31. The molecule has 0 bridgehead atoms. The second-order valence-electron chi connectivity index (χ2n) is 6.80. The third kappa shape index (κ3) is 3.53. The lowest BCUT2D eigenvalue weighted by atomic mass is 10.1. The maximum Gasteiger partial charge on any atom is 0.262 e. The minimum Gasteiger partial charge on any atom is -0.275 e. The number of hydrogen-bond donors (Lipinski definition) is 0. The lowest BCUT2D eigenvalue weighted by molar-refractivity contribution is 0.0998. The number of hydrogen-bond acceptors (Lipinski definition) is 4. The maximum atomic E-state index is 13.6. The van der Waals surface area contributed by atoms with Crippen molar-refractivity contribution in [2.75, 3.05) is 18.0 Å². The second-order valence-corrected chi connectivity index (χ2v) is 9.82. The largest absolute Gasteiger partial charge is 0.275 e. The van der Waals surface area contributed by atoms with Crippen LogP contribution in [0.1, 0.15) is 24.2 Å². The molecule has 0 atom stereocenters. The number of fused-ring (bicyclic) bond motifs is 2. The van der Waals surface area contributed by atoms with Crippen molar-refractivity contribution in [3.05, 3.63) is 78.4 Å². The monoisotopic (exact) mass is 438 g/mol. The third-order valence-electron chi connectivity index (χ3n) is 5.06. The number of anilines is 2. The summed E-state index contributed by atoms with van der Waals surface area (Å²) in [7, 11) is -3.65. The van der Waals surface area contributed by atoms with Crippen molar-refractivity contribution in [2.45, 2.75) is 28.5 Å². The van der Waals surface area contributed by atoms with Crippen LogP contribution < -0.4 is 4.90 Å². The molecule has 154 valence electrons. The molecule has 1 amide bonds. The van der Waals surface area contributed by atoms with E-state index in [0.29, 0.717) is 18.7 Å². The van der Waals surface area contributed by atoms with Crippen molar-refractivity contribution < 1.29 is 13.2 Å². The van der Waals surface area contributed by atoms with Crippen LogP contribution in [0.5, 0.6) is 0 Å². The van der Waals surface area contributed by atoms with E-state index >= 15 is 0 Å². The van der Waals surface area contributed by atoms with Gasteiger partial charge in [0.05, 0.1) is 16.3 Å². The van der Waals surface area contributed by atoms with Gasteiger partial charge in [-0.05, 0) is 42.5 Å². The molecule has 0 N–H and O–H groups in total. The molecule has 0 aliphatic carbocycles. The summed E-state index contributed by atoms with van der Waals surface area (Å²) in [6.45, 7) is 4.35. The Balaban J connectivity index is 1.80. The predicted octanol–water partition coefficient (Wildman–Crippen LogP) is 5.16. The van der Waals surface area contributed by atoms with E-state index in [1.54, 1.807) is 48.7 Å². The second kappa shape index (κ2) is 8.26. The number of para-hydroxylation sites is 2. The Morgan fingerprint density at radius 3 is 2.00 bits per heavy atom. The summed E-state index contributed by atoms with van der Waals surface area (Å²) >= 11 is 1.62. The van der Waals surface area contributed by atoms with Crippen LogP contribution in [0.3, 0.4) is 0 Å². The summed E-state index contributed by atoms with van der Waals surface area (Å²) < 4.78 is 27.3. The van der Waals surface area contributed by atoms with Crippen LogP contribution in [0.25, 0.3) is 0 Å². The van der Waals surface area contributed by atoms with Gasteiger partial charge in [-0.25, -0.2) is 8.42 Å². The molecule has 1 aliphatic rings. The molecule has 0 fully saturated rings. The molecule has 0 saturated carbocycles. The van der Waals surface area contributed by atoms with Crippen molar-refractivity contribution >= 4 is 39.1 Å². The van der Waals surface area contributed by atoms with E-state index in [9.17, 15) is 13.2 Å². The Hall–Kier alpha value is -2.61. The first kappa shape index (κ1) is 20.7. The van der Waals surface area contributed by atoms with E-state index < -0.39 is 10.0 Å². The van der Waals surface area contributed by atoms with Crippen molar-refractivity contribution in [3.8, 4) is 0 Å². The zero-order valence-corrected chi connectivity index (χ0v) is 18.4. The smallest absolute Gasteiger partial charge is 0.262 e. The van der Waals surface area contributed by atoms with Crippen LogP contribution in [0.15, 0.2) is 87.5 Å². The third-order valence-corrected chi connectivity index (χ3v) is 8.24. The fourth-order valence-corrected chi connectivity index (χ4v) is 6.12. The van der Waals surface area contributed by atoms with Crippen LogP contribution in [0, 0.1) is 0 Å². The highest BCUT2D eigenvalue weighted by Gasteiger charge is 2.30. The molecule has 1 aliphatic heterocycles. The fraction of sp³-hybridized carbons (Fsp3) is 0.174. The highest BCUT2D eigenvalue weighted by molar-refractivity contribution is 7.99. The Bertz CT molecular complexity index is 1160. The highest BCUT2D eigenvalue weighted by Crippen LogP contribution is 2.48. The summed E-state index contributed by atoms with van der Waals surface area (Å²) in [5, 5.41) is 0. The molecule has 0 unspecified atom stereocenters. The average Bonchev–Trinajstić information content (AvgIpc) is 2.77. The average molecular weight is 439 g/mol. The first-order valence-corrected chi connectivity index (χ1v) is 12.0. The predicted molar refractivity (Wildman–Crippen MR) is 120 cm³/mol. The van der Waals surface area contributed by atoms with Gasteiger partial charge in [-0.1, -0.05) is 55.9 Å². The van der Waals surface area contributed by atoms with Crippen LogP contribution in [-0.2, 0) is 10.0 Å². The van der Waals surface area contributed by atoms with Gasteiger partial charge in [0.25, 0.3) is 5.91 Å². The van der Waals surface area contributed by atoms with E-state index in [-0.39, 0.29) is 10.8 Å². The highest BCUT2D eigenvalue weighted by atomic mass is 32.2. The number of rotatable bonds is 5. The Labute approximate surface area is 181 Å². The number of amides is 1. The molecule has 0 saturated heterocycles. The first-order chi connectivity index (χ1) is 14.5. The van der Waals surface area contributed by atoms with Gasteiger partial charge in [0.1, 0.15) is 0 Å². The quantitative estimate of drug-likeness (QED) is 0.552. The van der Waals surface area contributed by atoms with E-state index in [4.69, 9.17) is 0 Å². The van der Waals surface area contributed by atoms with E-state index in [1.165, 1.54) is 10.4 Å². The van der Waals surface area contributed by atoms with Gasteiger partial charge < -0.3 is 0 Å². The normalized spacial score (nSPS) is 13.1. The van der Waals surface area contributed by atoms with Gasteiger partial charge in [0.15, 0.2) is 0 Å². The number of sulfonamides is 1. The molecule has 3 aromatic carbocycles. The van der Waals surface area contributed by atoms with Crippen LogP contribution >= 0.6 is 11.8 Å². The molecule has 0 radical (unpaired) electrons. The van der Waals surface area contributed by atoms with E-state index in [2.05, 4.69) is 0 Å². The van der Waals surface area contributed by atoms with Crippen molar-refractivity contribution in [3.63, 3.8) is 0 Å². The summed E-state index contributed by atoms with van der Waals surface area (Å²) in [4.78, 5) is 17.4. The summed E-state index contributed by atoms with van der Waals surface area (Å²) in [6.07, 6.45) is 0. The van der Waals surface area contributed by atoms with Gasteiger partial charge in [-0.3, -0.25) is 9.69 Å². The number of carbonyl (C=O) groups excluding carboxylic acids is 1. The van der Waals surface area contributed by atoms with Crippen molar-refractivity contribution in [1.29, 1.82) is 0 Å². The SMILES string of the molecule is CCN(CC)S(=O)(=O)c1cccc(C(=O)N2c3ccccc3Sc3ccccc32)c1. The van der Waals surface area contributed by atoms with Crippen molar-refractivity contribution in [1.82, 2.24) is 4.31 Å². The Morgan fingerprint density at radius 1 is 0.867 bits per heavy atom. The molecule has 7 heteroatoms. The minimum atomic E-state index is -3.65. The molecule has 30 heavy (non-hydrogen) atoms. The van der Waals surface area contributed by atoms with Gasteiger partial charge >= 0.3 is 0 Å². The zero-order valence-electron chi connectivity index (χ0n) is 16.8. The zero-order chi connectivity index (χ0) is 21.3. The molecule has 5 nitrogen and oxygen atoms in total. The van der Waals surface area contributed by atoms with Gasteiger partial charge in [0.2, 0.25) is 10.0 Å². The summed E-state index contributed by atoms with van der Waals surface area (Å²) in [5.74, 6) is -0.258. The first-order valence-electron chi connectivity index (χ1n) is 9.78. The molecule has 0 aromatic heterocycles. The molecule has 0 spiro atoms. The molecule has 4 rings (SSSR count).